The summed E-state index contributed by atoms with van der Waals surface area (Å²) < 4.78 is 0. The maximum atomic E-state index is 10.3. The minimum absolute atomic E-state index is 0.0490. The molecule has 0 fully saturated rings. The Morgan fingerprint density at radius 3 is 2.92 bits per heavy atom. The molecule has 72 valence electrons. The summed E-state index contributed by atoms with van der Waals surface area (Å²) in [7, 11) is 0. The molecule has 0 aliphatic carbocycles. The minimum Gasteiger partial charge on any atom is -0.480 e. The van der Waals surface area contributed by atoms with Crippen LogP contribution < -0.4 is 5.32 Å². The predicted octanol–water partition coefficient (Wildman–Crippen LogP) is 1.05. The zero-order valence-corrected chi connectivity index (χ0v) is 8.39. The Kier molecular flexibility index (Phi) is 3.00. The van der Waals surface area contributed by atoms with Crippen LogP contribution in [-0.4, -0.2) is 22.6 Å². The van der Waals surface area contributed by atoms with Gasteiger partial charge in [0.25, 0.3) is 0 Å². The van der Waals surface area contributed by atoms with Crippen molar-refractivity contribution in [1.29, 1.82) is 0 Å². The van der Waals surface area contributed by atoms with E-state index < -0.39 is 5.97 Å². The van der Waals surface area contributed by atoms with Crippen LogP contribution in [0.3, 0.4) is 0 Å². The number of aromatic nitrogens is 1. The lowest BCUT2D eigenvalue weighted by Crippen LogP contribution is -2.39. The highest BCUT2D eigenvalue weighted by atomic mass is 32.1. The van der Waals surface area contributed by atoms with Crippen LogP contribution in [0.2, 0.25) is 0 Å². The first-order chi connectivity index (χ1) is 6.02. The third-order valence-electron chi connectivity index (χ3n) is 1.65. The van der Waals surface area contributed by atoms with Gasteiger partial charge in [-0.1, -0.05) is 0 Å². The zero-order valence-electron chi connectivity index (χ0n) is 7.57. The maximum absolute atomic E-state index is 10.3. The lowest BCUT2D eigenvalue weighted by atomic mass is 10.1. The molecule has 0 aromatic carbocycles. The maximum Gasteiger partial charge on any atom is 0.317 e. The standard InChI is InChI=1S/C8H12N2O2S/c1-8(2,10-5-6(11)12)7-9-3-4-13-7/h3-4,10H,5H2,1-2H3,(H,11,12). The van der Waals surface area contributed by atoms with E-state index in [2.05, 4.69) is 10.3 Å². The molecule has 0 saturated heterocycles. The molecule has 4 nitrogen and oxygen atoms in total. The molecule has 0 aliphatic heterocycles. The Labute approximate surface area is 80.6 Å². The van der Waals surface area contributed by atoms with Crippen LogP contribution in [0.15, 0.2) is 11.6 Å². The van der Waals surface area contributed by atoms with E-state index in [-0.39, 0.29) is 12.1 Å². The molecule has 0 amide bonds. The molecule has 0 unspecified atom stereocenters. The molecule has 0 aliphatic rings. The molecule has 0 bridgehead atoms. The van der Waals surface area contributed by atoms with Crippen LogP contribution in [-0.2, 0) is 10.3 Å². The molecular formula is C8H12N2O2S. The van der Waals surface area contributed by atoms with Crippen molar-refractivity contribution in [2.45, 2.75) is 19.4 Å². The molecule has 1 aromatic rings. The second-order valence-corrected chi connectivity index (χ2v) is 4.10. The van der Waals surface area contributed by atoms with Crippen LogP contribution in [0.1, 0.15) is 18.9 Å². The number of carboxylic acids is 1. The number of aliphatic carboxylic acids is 1. The van der Waals surface area contributed by atoms with Crippen LogP contribution in [0, 0.1) is 0 Å². The fraction of sp³-hybridized carbons (Fsp3) is 0.500. The summed E-state index contributed by atoms with van der Waals surface area (Å²) in [6.07, 6.45) is 1.71. The number of carbonyl (C=O) groups is 1. The monoisotopic (exact) mass is 200 g/mol. The first kappa shape index (κ1) is 10.1. The highest BCUT2D eigenvalue weighted by Gasteiger charge is 2.22. The van der Waals surface area contributed by atoms with Gasteiger partial charge in [-0.2, -0.15) is 0 Å². The number of hydrogen-bond donors (Lipinski definition) is 2. The summed E-state index contributed by atoms with van der Waals surface area (Å²) >= 11 is 1.51. The Balaban J connectivity index is 2.61. The van der Waals surface area contributed by atoms with Gasteiger partial charge in [0.2, 0.25) is 0 Å². The molecule has 5 heteroatoms. The molecule has 0 atom stereocenters. The van der Waals surface area contributed by atoms with Crippen LogP contribution in [0.5, 0.6) is 0 Å². The lowest BCUT2D eigenvalue weighted by Gasteiger charge is -2.22. The average Bonchev–Trinajstić information content (AvgIpc) is 2.53. The average molecular weight is 200 g/mol. The Hall–Kier alpha value is -0.940. The zero-order chi connectivity index (χ0) is 9.90. The van der Waals surface area contributed by atoms with Crippen molar-refractivity contribution < 1.29 is 9.90 Å². The van der Waals surface area contributed by atoms with E-state index in [1.807, 2.05) is 19.2 Å². The number of carboxylic acid groups (broad SMARTS) is 1. The molecule has 13 heavy (non-hydrogen) atoms. The van der Waals surface area contributed by atoms with Crippen molar-refractivity contribution in [1.82, 2.24) is 10.3 Å². The SMILES string of the molecule is CC(C)(NCC(=O)O)c1nccs1. The Bertz CT molecular complexity index is 282. The van der Waals surface area contributed by atoms with Crippen molar-refractivity contribution in [2.24, 2.45) is 0 Å². The summed E-state index contributed by atoms with van der Waals surface area (Å²) in [5, 5.41) is 14.2. The third-order valence-corrected chi connectivity index (χ3v) is 2.75. The summed E-state index contributed by atoms with van der Waals surface area (Å²) in [6.45, 7) is 3.77. The number of rotatable bonds is 4. The molecular weight excluding hydrogens is 188 g/mol. The topological polar surface area (TPSA) is 62.2 Å². The van der Waals surface area contributed by atoms with Gasteiger partial charge < -0.3 is 5.11 Å². The van der Waals surface area contributed by atoms with Crippen molar-refractivity contribution in [3.8, 4) is 0 Å². The fourth-order valence-electron chi connectivity index (χ4n) is 0.904. The van der Waals surface area contributed by atoms with Gasteiger partial charge in [0.1, 0.15) is 5.01 Å². The Morgan fingerprint density at radius 2 is 2.46 bits per heavy atom. The fourth-order valence-corrected chi connectivity index (χ4v) is 1.64. The first-order valence-corrected chi connectivity index (χ1v) is 4.77. The lowest BCUT2D eigenvalue weighted by molar-refractivity contribution is -0.136. The van der Waals surface area contributed by atoms with Crippen LogP contribution in [0.25, 0.3) is 0 Å². The highest BCUT2D eigenvalue weighted by Crippen LogP contribution is 2.21. The van der Waals surface area contributed by atoms with E-state index in [0.29, 0.717) is 0 Å². The van der Waals surface area contributed by atoms with E-state index in [9.17, 15) is 4.79 Å². The summed E-state index contributed by atoms with van der Waals surface area (Å²) in [5.74, 6) is -0.857. The van der Waals surface area contributed by atoms with Crippen molar-refractivity contribution >= 4 is 17.3 Å². The van der Waals surface area contributed by atoms with E-state index in [1.165, 1.54) is 11.3 Å². The van der Waals surface area contributed by atoms with Gasteiger partial charge in [-0.25, -0.2) is 4.98 Å². The van der Waals surface area contributed by atoms with E-state index in [1.54, 1.807) is 6.20 Å². The quantitative estimate of drug-likeness (QED) is 0.762. The van der Waals surface area contributed by atoms with E-state index >= 15 is 0 Å². The molecule has 0 spiro atoms. The van der Waals surface area contributed by atoms with Gasteiger partial charge in [0.15, 0.2) is 0 Å². The number of nitrogens with one attached hydrogen (secondary N) is 1. The van der Waals surface area contributed by atoms with Crippen LogP contribution in [0.4, 0.5) is 0 Å². The molecule has 0 saturated carbocycles. The van der Waals surface area contributed by atoms with Gasteiger partial charge in [-0.15, -0.1) is 11.3 Å². The number of thiazole rings is 1. The molecule has 0 radical (unpaired) electrons. The molecule has 1 rings (SSSR count). The second-order valence-electron chi connectivity index (χ2n) is 3.21. The number of hydrogen-bond acceptors (Lipinski definition) is 4. The predicted molar refractivity (Wildman–Crippen MR) is 50.8 cm³/mol. The second kappa shape index (κ2) is 3.85. The van der Waals surface area contributed by atoms with Gasteiger partial charge in [-0.05, 0) is 13.8 Å². The Morgan fingerprint density at radius 1 is 1.77 bits per heavy atom. The highest BCUT2D eigenvalue weighted by molar-refractivity contribution is 7.09. The number of nitrogens with zero attached hydrogens (tertiary/aromatic N) is 1. The third kappa shape index (κ3) is 2.78. The minimum atomic E-state index is -0.857. The molecule has 2 N–H and O–H groups in total. The molecule has 1 aromatic heterocycles. The first-order valence-electron chi connectivity index (χ1n) is 3.89. The largest absolute Gasteiger partial charge is 0.480 e. The van der Waals surface area contributed by atoms with E-state index in [4.69, 9.17) is 5.11 Å². The van der Waals surface area contributed by atoms with Crippen LogP contribution >= 0.6 is 11.3 Å². The normalized spacial score (nSPS) is 11.5. The van der Waals surface area contributed by atoms with Gasteiger partial charge in [0, 0.05) is 11.6 Å². The summed E-state index contributed by atoms with van der Waals surface area (Å²) in [4.78, 5) is 14.5. The van der Waals surface area contributed by atoms with E-state index in [0.717, 1.165) is 5.01 Å². The van der Waals surface area contributed by atoms with Gasteiger partial charge in [0.05, 0.1) is 12.1 Å². The van der Waals surface area contributed by atoms with Gasteiger partial charge >= 0.3 is 5.97 Å². The summed E-state index contributed by atoms with van der Waals surface area (Å²) in [6, 6.07) is 0. The van der Waals surface area contributed by atoms with Crippen molar-refractivity contribution in [3.05, 3.63) is 16.6 Å². The van der Waals surface area contributed by atoms with Crippen molar-refractivity contribution in [2.75, 3.05) is 6.54 Å². The van der Waals surface area contributed by atoms with Crippen molar-refractivity contribution in [3.63, 3.8) is 0 Å². The van der Waals surface area contributed by atoms with Gasteiger partial charge in [-0.3, -0.25) is 10.1 Å². The molecule has 1 heterocycles. The summed E-state index contributed by atoms with van der Waals surface area (Å²) in [5.41, 5.74) is -0.368. The smallest absolute Gasteiger partial charge is 0.317 e.